The molecule has 0 spiro atoms. The molecule has 1 atom stereocenters. The third kappa shape index (κ3) is 3.26. The number of nitrogens with zero attached hydrogens (tertiary/aromatic N) is 2. The van der Waals surface area contributed by atoms with Crippen LogP contribution in [0.3, 0.4) is 0 Å². The minimum absolute atomic E-state index is 0.0929. The number of thioether (sulfide) groups is 1. The van der Waals surface area contributed by atoms with Gasteiger partial charge in [0.25, 0.3) is 0 Å². The molecule has 2 aromatic rings. The lowest BCUT2D eigenvalue weighted by atomic mass is 10.1. The van der Waals surface area contributed by atoms with Gasteiger partial charge in [-0.15, -0.1) is 11.8 Å². The summed E-state index contributed by atoms with van der Waals surface area (Å²) < 4.78 is -0.480. The van der Waals surface area contributed by atoms with Crippen molar-refractivity contribution >= 4 is 34.6 Å². The minimum atomic E-state index is -0.480. The number of likely N-dealkylation sites (N-methyl/N-ethyl adjacent to an activating group) is 1. The number of rotatable bonds is 3. The molecular formula is C17H22N4O2S. The van der Waals surface area contributed by atoms with Gasteiger partial charge in [-0.25, -0.2) is 4.98 Å². The summed E-state index contributed by atoms with van der Waals surface area (Å²) in [6.07, 6.45) is 0. The summed E-state index contributed by atoms with van der Waals surface area (Å²) in [5.74, 6) is 1.13. The Hall–Kier alpha value is -2.02. The van der Waals surface area contributed by atoms with Gasteiger partial charge in [-0.1, -0.05) is 6.07 Å². The molecule has 2 heterocycles. The number of aryl methyl sites for hydroxylation is 1. The number of fused-ring (bicyclic) bond motifs is 1. The van der Waals surface area contributed by atoms with Crippen LogP contribution in [0.1, 0.15) is 25.2 Å². The lowest BCUT2D eigenvalue weighted by Gasteiger charge is -2.34. The van der Waals surface area contributed by atoms with E-state index in [1.54, 1.807) is 11.9 Å². The van der Waals surface area contributed by atoms with Crippen molar-refractivity contribution in [2.45, 2.75) is 38.1 Å². The van der Waals surface area contributed by atoms with Gasteiger partial charge in [0.1, 0.15) is 11.9 Å². The van der Waals surface area contributed by atoms with Crippen LogP contribution in [-0.4, -0.2) is 50.3 Å². The number of aromatic nitrogens is 2. The normalized spacial score (nSPS) is 20.0. The quantitative estimate of drug-likeness (QED) is 0.889. The van der Waals surface area contributed by atoms with Crippen LogP contribution in [0.15, 0.2) is 18.2 Å². The van der Waals surface area contributed by atoms with Crippen LogP contribution in [0.5, 0.6) is 0 Å². The Kier molecular flexibility index (Phi) is 4.29. The largest absolute Gasteiger partial charge is 0.342 e. The van der Waals surface area contributed by atoms with Gasteiger partial charge < -0.3 is 15.2 Å². The van der Waals surface area contributed by atoms with Crippen molar-refractivity contribution in [3.8, 4) is 0 Å². The van der Waals surface area contributed by atoms with E-state index in [0.29, 0.717) is 12.3 Å². The van der Waals surface area contributed by atoms with Crippen molar-refractivity contribution in [2.75, 3.05) is 12.8 Å². The molecule has 1 aromatic heterocycles. The number of nitrogens with one attached hydrogen (secondary N) is 2. The number of hydrogen-bond donors (Lipinski definition) is 2. The molecule has 128 valence electrons. The fourth-order valence-electron chi connectivity index (χ4n) is 2.68. The van der Waals surface area contributed by atoms with Crippen LogP contribution in [-0.2, 0) is 16.1 Å². The number of carbonyl (C=O) groups excluding carboxylic acids is 2. The Morgan fingerprint density at radius 3 is 2.92 bits per heavy atom. The zero-order valence-electron chi connectivity index (χ0n) is 14.3. The van der Waals surface area contributed by atoms with Gasteiger partial charge >= 0.3 is 0 Å². The van der Waals surface area contributed by atoms with Crippen molar-refractivity contribution in [1.82, 2.24) is 20.2 Å². The summed E-state index contributed by atoms with van der Waals surface area (Å²) in [5, 5.41) is 2.83. The lowest BCUT2D eigenvalue weighted by Crippen LogP contribution is -2.57. The second-order valence-electron chi connectivity index (χ2n) is 6.75. The number of amides is 2. The lowest BCUT2D eigenvalue weighted by molar-refractivity contribution is -0.136. The summed E-state index contributed by atoms with van der Waals surface area (Å²) in [7, 11) is 1.73. The molecule has 0 aliphatic carbocycles. The second-order valence-corrected chi connectivity index (χ2v) is 8.39. The number of benzene rings is 1. The monoisotopic (exact) mass is 346 g/mol. The van der Waals surface area contributed by atoms with Crippen molar-refractivity contribution in [3.63, 3.8) is 0 Å². The number of aromatic amines is 1. The highest BCUT2D eigenvalue weighted by Crippen LogP contribution is 2.29. The first-order valence-corrected chi connectivity index (χ1v) is 8.90. The van der Waals surface area contributed by atoms with E-state index in [9.17, 15) is 9.59 Å². The Labute approximate surface area is 145 Å². The summed E-state index contributed by atoms with van der Waals surface area (Å²) in [5.41, 5.74) is 3.01. The third-order valence-electron chi connectivity index (χ3n) is 4.21. The van der Waals surface area contributed by atoms with Crippen molar-refractivity contribution in [2.24, 2.45) is 0 Å². The molecule has 2 N–H and O–H groups in total. The molecule has 7 heteroatoms. The predicted octanol–water partition coefficient (Wildman–Crippen LogP) is 1.84. The molecule has 0 saturated carbocycles. The first-order valence-electron chi connectivity index (χ1n) is 7.91. The zero-order chi connectivity index (χ0) is 17.5. The standard InChI is InChI=1S/C17H22N4O2S/c1-10-5-6-11-12(7-10)19-14(18-11)8-21(4)15(22)13-9-24-17(2,3)16(23)20-13/h5-7,13H,8-9H2,1-4H3,(H,18,19)(H,20,23)/t13-/m0/s1. The molecule has 0 bridgehead atoms. The Bertz CT molecular complexity index is 799. The maximum atomic E-state index is 12.6. The number of carbonyl (C=O) groups is 2. The van der Waals surface area contributed by atoms with Gasteiger partial charge in [0.05, 0.1) is 22.3 Å². The summed E-state index contributed by atoms with van der Waals surface area (Å²) in [6, 6.07) is 5.53. The van der Waals surface area contributed by atoms with E-state index in [2.05, 4.69) is 15.3 Å². The van der Waals surface area contributed by atoms with Gasteiger partial charge in [0.15, 0.2) is 0 Å². The first-order chi connectivity index (χ1) is 11.3. The minimum Gasteiger partial charge on any atom is -0.342 e. The summed E-state index contributed by atoms with van der Waals surface area (Å²) in [4.78, 5) is 34.0. The third-order valence-corrected chi connectivity index (χ3v) is 5.62. The fraction of sp³-hybridized carbons (Fsp3) is 0.471. The Morgan fingerprint density at radius 1 is 1.46 bits per heavy atom. The average Bonchev–Trinajstić information content (AvgIpc) is 2.90. The number of hydrogen-bond acceptors (Lipinski definition) is 4. The van der Waals surface area contributed by atoms with Crippen molar-refractivity contribution < 1.29 is 9.59 Å². The van der Waals surface area contributed by atoms with Gasteiger partial charge in [0.2, 0.25) is 11.8 Å². The summed E-state index contributed by atoms with van der Waals surface area (Å²) in [6.45, 7) is 6.15. The van der Waals surface area contributed by atoms with Gasteiger partial charge in [-0.05, 0) is 38.5 Å². The van der Waals surface area contributed by atoms with Crippen LogP contribution in [0.4, 0.5) is 0 Å². The van der Waals surface area contributed by atoms with E-state index < -0.39 is 10.8 Å². The molecule has 1 aliphatic heterocycles. The Morgan fingerprint density at radius 2 is 2.21 bits per heavy atom. The topological polar surface area (TPSA) is 78.1 Å². The average molecular weight is 346 g/mol. The maximum Gasteiger partial charge on any atom is 0.246 e. The maximum absolute atomic E-state index is 12.6. The highest BCUT2D eigenvalue weighted by molar-refractivity contribution is 8.01. The van der Waals surface area contributed by atoms with Crippen LogP contribution in [0.25, 0.3) is 11.0 Å². The van der Waals surface area contributed by atoms with Crippen LogP contribution in [0, 0.1) is 6.92 Å². The number of H-pyrrole nitrogens is 1. The molecule has 6 nitrogen and oxygen atoms in total. The van der Waals surface area contributed by atoms with E-state index in [0.717, 1.165) is 22.4 Å². The molecule has 0 radical (unpaired) electrons. The molecule has 1 saturated heterocycles. The fourth-order valence-corrected chi connectivity index (χ4v) is 3.68. The van der Waals surface area contributed by atoms with E-state index in [1.807, 2.05) is 39.0 Å². The van der Waals surface area contributed by atoms with E-state index in [-0.39, 0.29) is 11.8 Å². The molecule has 1 fully saturated rings. The predicted molar refractivity (Wildman–Crippen MR) is 95.8 cm³/mol. The smallest absolute Gasteiger partial charge is 0.246 e. The SMILES string of the molecule is Cc1ccc2nc(CN(C)C(=O)[C@@H]3CSC(C)(C)C(=O)N3)[nH]c2c1. The summed E-state index contributed by atoms with van der Waals surface area (Å²) >= 11 is 1.51. The zero-order valence-corrected chi connectivity index (χ0v) is 15.2. The molecule has 1 aliphatic rings. The second kappa shape index (κ2) is 6.12. The highest BCUT2D eigenvalue weighted by Gasteiger charge is 2.38. The van der Waals surface area contributed by atoms with Gasteiger partial charge in [0, 0.05) is 12.8 Å². The Balaban J connectivity index is 1.68. The van der Waals surface area contributed by atoms with E-state index >= 15 is 0 Å². The van der Waals surface area contributed by atoms with Crippen molar-refractivity contribution in [3.05, 3.63) is 29.6 Å². The molecular weight excluding hydrogens is 324 g/mol. The van der Waals surface area contributed by atoms with Gasteiger partial charge in [-0.3, -0.25) is 9.59 Å². The molecule has 24 heavy (non-hydrogen) atoms. The molecule has 2 amide bonds. The van der Waals surface area contributed by atoms with Crippen molar-refractivity contribution in [1.29, 1.82) is 0 Å². The number of imidazole rings is 1. The highest BCUT2D eigenvalue weighted by atomic mass is 32.2. The van der Waals surface area contributed by atoms with Gasteiger partial charge in [-0.2, -0.15) is 0 Å². The van der Waals surface area contributed by atoms with Crippen LogP contribution >= 0.6 is 11.8 Å². The van der Waals surface area contributed by atoms with E-state index in [4.69, 9.17) is 0 Å². The van der Waals surface area contributed by atoms with Crippen LogP contribution < -0.4 is 5.32 Å². The van der Waals surface area contributed by atoms with E-state index in [1.165, 1.54) is 11.8 Å². The van der Waals surface area contributed by atoms with Crippen LogP contribution in [0.2, 0.25) is 0 Å². The molecule has 0 unspecified atom stereocenters. The molecule has 3 rings (SSSR count). The molecule has 1 aromatic carbocycles. The first kappa shape index (κ1) is 16.8.